The van der Waals surface area contributed by atoms with Crippen LogP contribution in [-0.2, 0) is 14.4 Å². The molecule has 0 bridgehead atoms. The van der Waals surface area contributed by atoms with E-state index >= 15 is 0 Å². The summed E-state index contributed by atoms with van der Waals surface area (Å²) in [5.74, 6) is -0.0590. The van der Waals surface area contributed by atoms with Crippen LogP contribution < -0.4 is 10.1 Å². The highest BCUT2D eigenvalue weighted by Gasteiger charge is 2.52. The predicted molar refractivity (Wildman–Crippen MR) is 96.9 cm³/mol. The molecule has 2 N–H and O–H groups in total. The normalized spacial score (nSPS) is 25.7. The molecule has 2 aliphatic heterocycles. The molecule has 3 rings (SSSR count). The second kappa shape index (κ2) is 7.19. The van der Waals surface area contributed by atoms with Crippen molar-refractivity contribution < 1.29 is 24.2 Å². The molecule has 2 fully saturated rings. The first kappa shape index (κ1) is 18.6. The van der Waals surface area contributed by atoms with Gasteiger partial charge in [-0.25, -0.2) is 4.79 Å². The van der Waals surface area contributed by atoms with Gasteiger partial charge >= 0.3 is 5.97 Å². The summed E-state index contributed by atoms with van der Waals surface area (Å²) in [6.07, 6.45) is 1.29. The second-order valence-corrected chi connectivity index (χ2v) is 8.25. The number of fused-ring (bicyclic) bond motifs is 1. The van der Waals surface area contributed by atoms with Gasteiger partial charge in [0.1, 0.15) is 11.8 Å². The van der Waals surface area contributed by atoms with E-state index in [2.05, 4.69) is 5.32 Å². The number of ether oxygens (including phenoxy) is 1. The standard InChI is InChI=1S/C18H22N2O5S/c1-11(12-3-5-13(6-4-12)25-9-16(22)23)19-17(24)14-10-26-18(2)8-7-15(21)20(14)18/h3-6,11,14H,7-10H2,1-2H3,(H,19,24)(H,22,23). The van der Waals surface area contributed by atoms with Gasteiger partial charge < -0.3 is 20.1 Å². The van der Waals surface area contributed by atoms with E-state index < -0.39 is 18.6 Å². The molecule has 8 heteroatoms. The molecular weight excluding hydrogens is 356 g/mol. The number of thioether (sulfide) groups is 1. The number of nitrogens with zero attached hydrogens (tertiary/aromatic N) is 1. The molecule has 0 radical (unpaired) electrons. The highest BCUT2D eigenvalue weighted by molar-refractivity contribution is 8.01. The number of nitrogens with one attached hydrogen (secondary N) is 1. The fourth-order valence-corrected chi connectivity index (χ4v) is 4.84. The molecule has 140 valence electrons. The van der Waals surface area contributed by atoms with Gasteiger partial charge in [-0.1, -0.05) is 12.1 Å². The molecule has 2 saturated heterocycles. The molecule has 3 unspecified atom stereocenters. The number of benzene rings is 1. The van der Waals surface area contributed by atoms with Crippen molar-refractivity contribution in [3.8, 4) is 5.75 Å². The van der Waals surface area contributed by atoms with Crippen molar-refractivity contribution in [1.29, 1.82) is 0 Å². The van der Waals surface area contributed by atoms with Crippen LogP contribution in [0, 0.1) is 0 Å². The molecule has 7 nitrogen and oxygen atoms in total. The monoisotopic (exact) mass is 378 g/mol. The number of amides is 2. The zero-order valence-corrected chi connectivity index (χ0v) is 15.5. The minimum Gasteiger partial charge on any atom is -0.482 e. The topological polar surface area (TPSA) is 95.9 Å². The van der Waals surface area contributed by atoms with E-state index in [-0.39, 0.29) is 22.7 Å². The number of carbonyl (C=O) groups excluding carboxylic acids is 2. The molecule has 0 saturated carbocycles. The van der Waals surface area contributed by atoms with E-state index in [1.807, 2.05) is 13.8 Å². The minimum absolute atomic E-state index is 0.0465. The molecule has 2 aliphatic rings. The lowest BCUT2D eigenvalue weighted by Crippen LogP contribution is -2.50. The number of carboxylic acid groups (broad SMARTS) is 1. The number of carboxylic acids is 1. The average molecular weight is 378 g/mol. The van der Waals surface area contributed by atoms with Gasteiger partial charge in [0.15, 0.2) is 6.61 Å². The van der Waals surface area contributed by atoms with Gasteiger partial charge in [-0.2, -0.15) is 0 Å². The van der Waals surface area contributed by atoms with E-state index in [0.29, 0.717) is 17.9 Å². The van der Waals surface area contributed by atoms with E-state index in [4.69, 9.17) is 9.84 Å². The Morgan fingerprint density at radius 2 is 2.12 bits per heavy atom. The van der Waals surface area contributed by atoms with E-state index in [1.165, 1.54) is 0 Å². The minimum atomic E-state index is -1.03. The zero-order chi connectivity index (χ0) is 18.9. The average Bonchev–Trinajstić information content (AvgIpc) is 3.09. The second-order valence-electron chi connectivity index (χ2n) is 6.75. The van der Waals surface area contributed by atoms with E-state index in [1.54, 1.807) is 40.9 Å². The lowest BCUT2D eigenvalue weighted by Gasteiger charge is -2.30. The largest absolute Gasteiger partial charge is 0.482 e. The van der Waals surface area contributed by atoms with Crippen LogP contribution in [0.2, 0.25) is 0 Å². The van der Waals surface area contributed by atoms with Crippen molar-refractivity contribution in [3.63, 3.8) is 0 Å². The number of carbonyl (C=O) groups is 3. The highest BCUT2D eigenvalue weighted by atomic mass is 32.2. The fraction of sp³-hybridized carbons (Fsp3) is 0.500. The first-order valence-electron chi connectivity index (χ1n) is 8.51. The van der Waals surface area contributed by atoms with Gasteiger partial charge in [0.05, 0.1) is 10.9 Å². The van der Waals surface area contributed by atoms with Crippen molar-refractivity contribution in [1.82, 2.24) is 10.2 Å². The molecule has 0 aromatic heterocycles. The van der Waals surface area contributed by atoms with E-state index in [0.717, 1.165) is 12.0 Å². The maximum Gasteiger partial charge on any atom is 0.341 e. The highest BCUT2D eigenvalue weighted by Crippen LogP contribution is 2.47. The van der Waals surface area contributed by atoms with Gasteiger partial charge in [-0.15, -0.1) is 11.8 Å². The van der Waals surface area contributed by atoms with Crippen LogP contribution in [0.4, 0.5) is 0 Å². The Labute approximate surface area is 156 Å². The fourth-order valence-electron chi connectivity index (χ4n) is 3.41. The van der Waals surface area contributed by atoms with Gasteiger partial charge in [-0.05, 0) is 38.0 Å². The summed E-state index contributed by atoms with van der Waals surface area (Å²) in [6, 6.07) is 6.26. The van der Waals surface area contributed by atoms with Gasteiger partial charge in [0, 0.05) is 12.2 Å². The molecule has 2 amide bonds. The predicted octanol–water partition coefficient (Wildman–Crippen LogP) is 1.78. The Morgan fingerprint density at radius 3 is 2.77 bits per heavy atom. The Bertz CT molecular complexity index is 723. The Hall–Kier alpha value is -2.22. The summed E-state index contributed by atoms with van der Waals surface area (Å²) in [7, 11) is 0. The lowest BCUT2D eigenvalue weighted by atomic mass is 10.1. The van der Waals surface area contributed by atoms with Gasteiger partial charge in [0.25, 0.3) is 0 Å². The summed E-state index contributed by atoms with van der Waals surface area (Å²) in [6.45, 7) is 3.50. The molecule has 0 spiro atoms. The van der Waals surface area contributed by atoms with Crippen molar-refractivity contribution >= 4 is 29.5 Å². The summed E-state index contributed by atoms with van der Waals surface area (Å²) in [4.78, 5) is 36.8. The Morgan fingerprint density at radius 1 is 1.42 bits per heavy atom. The quantitative estimate of drug-likeness (QED) is 0.783. The number of hydrogen-bond donors (Lipinski definition) is 2. The van der Waals surface area contributed by atoms with Crippen LogP contribution in [-0.4, -0.2) is 51.1 Å². The molecule has 3 atom stereocenters. The molecule has 26 heavy (non-hydrogen) atoms. The summed E-state index contributed by atoms with van der Waals surface area (Å²) < 4.78 is 5.10. The van der Waals surface area contributed by atoms with Crippen molar-refractivity contribution in [2.24, 2.45) is 0 Å². The summed E-state index contributed by atoms with van der Waals surface area (Å²) in [5, 5.41) is 11.6. The van der Waals surface area contributed by atoms with Crippen LogP contribution in [0.25, 0.3) is 0 Å². The van der Waals surface area contributed by atoms with Crippen LogP contribution in [0.1, 0.15) is 38.3 Å². The number of aliphatic carboxylic acids is 1. The first-order valence-corrected chi connectivity index (χ1v) is 9.50. The molecular formula is C18H22N2O5S. The maximum atomic E-state index is 12.7. The van der Waals surface area contributed by atoms with Crippen LogP contribution in [0.3, 0.4) is 0 Å². The molecule has 1 aromatic carbocycles. The molecule has 1 aromatic rings. The molecule has 0 aliphatic carbocycles. The Balaban J connectivity index is 1.61. The lowest BCUT2D eigenvalue weighted by molar-refractivity contribution is -0.139. The van der Waals surface area contributed by atoms with Crippen LogP contribution in [0.5, 0.6) is 5.75 Å². The third kappa shape index (κ3) is 3.65. The zero-order valence-electron chi connectivity index (χ0n) is 14.7. The number of hydrogen-bond acceptors (Lipinski definition) is 5. The van der Waals surface area contributed by atoms with Crippen molar-refractivity contribution in [3.05, 3.63) is 29.8 Å². The third-order valence-corrected chi connectivity index (χ3v) is 6.35. The van der Waals surface area contributed by atoms with Crippen LogP contribution >= 0.6 is 11.8 Å². The van der Waals surface area contributed by atoms with Crippen LogP contribution in [0.15, 0.2) is 24.3 Å². The number of rotatable bonds is 6. The Kier molecular flexibility index (Phi) is 5.13. The first-order chi connectivity index (χ1) is 12.3. The maximum absolute atomic E-state index is 12.7. The van der Waals surface area contributed by atoms with Crippen molar-refractivity contribution in [2.75, 3.05) is 12.4 Å². The smallest absolute Gasteiger partial charge is 0.341 e. The van der Waals surface area contributed by atoms with Gasteiger partial charge in [0.2, 0.25) is 11.8 Å². The third-order valence-electron chi connectivity index (χ3n) is 4.85. The van der Waals surface area contributed by atoms with Gasteiger partial charge in [-0.3, -0.25) is 9.59 Å². The molecule has 2 heterocycles. The SMILES string of the molecule is CC(NC(=O)C1CSC2(C)CCC(=O)N12)c1ccc(OCC(=O)O)cc1. The summed E-state index contributed by atoms with van der Waals surface area (Å²) >= 11 is 1.67. The summed E-state index contributed by atoms with van der Waals surface area (Å²) in [5.41, 5.74) is 0.877. The van der Waals surface area contributed by atoms with E-state index in [9.17, 15) is 14.4 Å². The van der Waals surface area contributed by atoms with Crippen molar-refractivity contribution in [2.45, 2.75) is 43.6 Å².